The molecule has 0 radical (unpaired) electrons. The first-order valence-electron chi connectivity index (χ1n) is 6.97. The Morgan fingerprint density at radius 3 is 2.76 bits per heavy atom. The number of aromatic amines is 1. The van der Waals surface area contributed by atoms with Crippen LogP contribution in [-0.2, 0) is 6.42 Å². The van der Waals surface area contributed by atoms with Crippen LogP contribution in [0.1, 0.15) is 16.1 Å². The SMILES string of the molecule is CN(CCc1cc2ncccc2[nH]1)C(=O)c1ccccc1. The number of carbonyl (C=O) groups is 1. The fourth-order valence-electron chi connectivity index (χ4n) is 2.34. The first-order chi connectivity index (χ1) is 10.2. The number of nitrogens with zero attached hydrogens (tertiary/aromatic N) is 2. The van der Waals surface area contributed by atoms with Crippen LogP contribution < -0.4 is 0 Å². The van der Waals surface area contributed by atoms with Crippen molar-refractivity contribution in [1.82, 2.24) is 14.9 Å². The van der Waals surface area contributed by atoms with Gasteiger partial charge < -0.3 is 9.88 Å². The Morgan fingerprint density at radius 2 is 2.00 bits per heavy atom. The van der Waals surface area contributed by atoms with Gasteiger partial charge in [-0.1, -0.05) is 18.2 Å². The molecule has 1 amide bonds. The molecule has 4 nitrogen and oxygen atoms in total. The maximum Gasteiger partial charge on any atom is 0.253 e. The van der Waals surface area contributed by atoms with Crippen molar-refractivity contribution in [3.05, 3.63) is 66.0 Å². The first kappa shape index (κ1) is 13.4. The summed E-state index contributed by atoms with van der Waals surface area (Å²) in [5.74, 6) is 0.0461. The molecular formula is C17H17N3O. The Balaban J connectivity index is 1.65. The van der Waals surface area contributed by atoms with Crippen molar-refractivity contribution in [2.24, 2.45) is 0 Å². The molecule has 4 heteroatoms. The van der Waals surface area contributed by atoms with Gasteiger partial charge in [0.05, 0.1) is 11.0 Å². The van der Waals surface area contributed by atoms with Crippen LogP contribution >= 0.6 is 0 Å². The number of fused-ring (bicyclic) bond motifs is 1. The number of H-pyrrole nitrogens is 1. The number of carbonyl (C=O) groups excluding carboxylic acids is 1. The average molecular weight is 279 g/mol. The number of amides is 1. The zero-order valence-electron chi connectivity index (χ0n) is 11.9. The van der Waals surface area contributed by atoms with Gasteiger partial charge in [-0.3, -0.25) is 9.78 Å². The summed E-state index contributed by atoms with van der Waals surface area (Å²) < 4.78 is 0. The highest BCUT2D eigenvalue weighted by Crippen LogP contribution is 2.13. The van der Waals surface area contributed by atoms with Crippen LogP contribution in [0.25, 0.3) is 11.0 Å². The molecule has 2 heterocycles. The number of likely N-dealkylation sites (N-methyl/N-ethyl adjacent to an activating group) is 1. The number of rotatable bonds is 4. The van der Waals surface area contributed by atoms with E-state index in [0.29, 0.717) is 6.54 Å². The lowest BCUT2D eigenvalue weighted by atomic mass is 10.2. The van der Waals surface area contributed by atoms with Crippen LogP contribution in [0.4, 0.5) is 0 Å². The third-order valence-corrected chi connectivity index (χ3v) is 3.53. The van der Waals surface area contributed by atoms with Crippen LogP contribution in [0.3, 0.4) is 0 Å². The van der Waals surface area contributed by atoms with Crippen LogP contribution in [0.2, 0.25) is 0 Å². The van der Waals surface area contributed by atoms with Gasteiger partial charge in [0, 0.05) is 37.5 Å². The van der Waals surface area contributed by atoms with E-state index in [4.69, 9.17) is 0 Å². The molecular weight excluding hydrogens is 262 g/mol. The third kappa shape index (κ3) is 2.94. The van der Waals surface area contributed by atoms with E-state index in [0.717, 1.165) is 28.7 Å². The maximum absolute atomic E-state index is 12.2. The van der Waals surface area contributed by atoms with Gasteiger partial charge >= 0.3 is 0 Å². The van der Waals surface area contributed by atoms with Crippen molar-refractivity contribution in [2.75, 3.05) is 13.6 Å². The summed E-state index contributed by atoms with van der Waals surface area (Å²) in [5, 5.41) is 0. The molecule has 3 aromatic rings. The highest BCUT2D eigenvalue weighted by Gasteiger charge is 2.11. The summed E-state index contributed by atoms with van der Waals surface area (Å²) in [7, 11) is 1.83. The second kappa shape index (κ2) is 5.79. The lowest BCUT2D eigenvalue weighted by Gasteiger charge is -2.16. The van der Waals surface area contributed by atoms with E-state index in [9.17, 15) is 4.79 Å². The van der Waals surface area contributed by atoms with E-state index >= 15 is 0 Å². The normalized spacial score (nSPS) is 10.7. The first-order valence-corrected chi connectivity index (χ1v) is 6.97. The van der Waals surface area contributed by atoms with Gasteiger partial charge in [-0.2, -0.15) is 0 Å². The van der Waals surface area contributed by atoms with E-state index in [1.54, 1.807) is 11.1 Å². The molecule has 0 saturated heterocycles. The number of hydrogen-bond donors (Lipinski definition) is 1. The number of nitrogens with one attached hydrogen (secondary N) is 1. The molecule has 1 aromatic carbocycles. The van der Waals surface area contributed by atoms with Gasteiger partial charge in [0.15, 0.2) is 0 Å². The van der Waals surface area contributed by atoms with Crippen molar-refractivity contribution in [1.29, 1.82) is 0 Å². The molecule has 0 spiro atoms. The summed E-state index contributed by atoms with van der Waals surface area (Å²) in [6.45, 7) is 0.667. The Labute approximate surface area is 123 Å². The molecule has 1 N–H and O–H groups in total. The minimum atomic E-state index is 0.0461. The third-order valence-electron chi connectivity index (χ3n) is 3.53. The quantitative estimate of drug-likeness (QED) is 0.798. The van der Waals surface area contributed by atoms with Crippen molar-refractivity contribution in [2.45, 2.75) is 6.42 Å². The Hall–Kier alpha value is -2.62. The van der Waals surface area contributed by atoms with Crippen LogP contribution in [0, 0.1) is 0 Å². The van der Waals surface area contributed by atoms with Gasteiger partial charge in [-0.05, 0) is 30.3 Å². The fourth-order valence-corrected chi connectivity index (χ4v) is 2.34. The molecule has 0 saturated carbocycles. The largest absolute Gasteiger partial charge is 0.357 e. The van der Waals surface area contributed by atoms with Crippen LogP contribution in [-0.4, -0.2) is 34.4 Å². The molecule has 0 atom stereocenters. The predicted octanol–water partition coefficient (Wildman–Crippen LogP) is 2.88. The molecule has 0 aliphatic carbocycles. The van der Waals surface area contributed by atoms with Crippen molar-refractivity contribution >= 4 is 16.9 Å². The number of pyridine rings is 1. The van der Waals surface area contributed by atoms with Gasteiger partial charge in [-0.25, -0.2) is 0 Å². The molecule has 2 aromatic heterocycles. The standard InChI is InChI=1S/C17H17N3O/c1-20(17(21)13-6-3-2-4-7-13)11-9-14-12-16-15(19-14)8-5-10-18-16/h2-8,10,12,19H,9,11H2,1H3. The van der Waals surface area contributed by atoms with E-state index in [1.165, 1.54) is 0 Å². The summed E-state index contributed by atoms with van der Waals surface area (Å²) in [4.78, 5) is 21.6. The Morgan fingerprint density at radius 1 is 1.19 bits per heavy atom. The van der Waals surface area contributed by atoms with Crippen molar-refractivity contribution in [3.8, 4) is 0 Å². The van der Waals surface area contributed by atoms with E-state index in [-0.39, 0.29) is 5.91 Å². The summed E-state index contributed by atoms with van der Waals surface area (Å²) in [6, 6.07) is 15.3. The second-order valence-corrected chi connectivity index (χ2v) is 5.07. The topological polar surface area (TPSA) is 49.0 Å². The highest BCUT2D eigenvalue weighted by atomic mass is 16.2. The minimum absolute atomic E-state index is 0.0461. The fraction of sp³-hybridized carbons (Fsp3) is 0.176. The van der Waals surface area contributed by atoms with E-state index in [2.05, 4.69) is 9.97 Å². The molecule has 0 bridgehead atoms. The molecule has 21 heavy (non-hydrogen) atoms. The molecule has 0 unspecified atom stereocenters. The van der Waals surface area contributed by atoms with Crippen molar-refractivity contribution in [3.63, 3.8) is 0 Å². The summed E-state index contributed by atoms with van der Waals surface area (Å²) >= 11 is 0. The average Bonchev–Trinajstić information content (AvgIpc) is 2.95. The lowest BCUT2D eigenvalue weighted by Crippen LogP contribution is -2.28. The van der Waals surface area contributed by atoms with Crippen LogP contribution in [0.15, 0.2) is 54.7 Å². The van der Waals surface area contributed by atoms with Gasteiger partial charge in [0.25, 0.3) is 5.91 Å². The number of benzene rings is 1. The number of hydrogen-bond acceptors (Lipinski definition) is 2. The number of aromatic nitrogens is 2. The molecule has 106 valence electrons. The molecule has 0 aliphatic rings. The maximum atomic E-state index is 12.2. The van der Waals surface area contributed by atoms with Gasteiger partial charge in [-0.15, -0.1) is 0 Å². The zero-order valence-corrected chi connectivity index (χ0v) is 11.9. The van der Waals surface area contributed by atoms with Gasteiger partial charge in [0.2, 0.25) is 0 Å². The van der Waals surface area contributed by atoms with E-state index in [1.807, 2.05) is 55.6 Å². The monoisotopic (exact) mass is 279 g/mol. The predicted molar refractivity (Wildman–Crippen MR) is 83.2 cm³/mol. The molecule has 0 aliphatic heterocycles. The Kier molecular flexibility index (Phi) is 3.69. The van der Waals surface area contributed by atoms with Gasteiger partial charge in [0.1, 0.15) is 0 Å². The smallest absolute Gasteiger partial charge is 0.253 e. The second-order valence-electron chi connectivity index (χ2n) is 5.07. The minimum Gasteiger partial charge on any atom is -0.357 e. The highest BCUT2D eigenvalue weighted by molar-refractivity contribution is 5.94. The lowest BCUT2D eigenvalue weighted by molar-refractivity contribution is 0.0796. The Bertz CT molecular complexity index is 716. The zero-order chi connectivity index (χ0) is 14.7. The van der Waals surface area contributed by atoms with E-state index < -0.39 is 0 Å². The summed E-state index contributed by atoms with van der Waals surface area (Å²) in [6.07, 6.45) is 2.57. The molecule has 3 rings (SSSR count). The molecule has 0 fully saturated rings. The van der Waals surface area contributed by atoms with Crippen LogP contribution in [0.5, 0.6) is 0 Å². The van der Waals surface area contributed by atoms with Crippen molar-refractivity contribution < 1.29 is 4.79 Å². The summed E-state index contributed by atoms with van der Waals surface area (Å²) in [5.41, 5.74) is 3.81.